The quantitative estimate of drug-likeness (QED) is 0.743. The molecule has 1 aromatic rings. The third-order valence-corrected chi connectivity index (χ3v) is 2.44. The van der Waals surface area contributed by atoms with Crippen molar-refractivity contribution in [2.24, 2.45) is 0 Å². The van der Waals surface area contributed by atoms with E-state index in [-0.39, 0.29) is 11.7 Å². The van der Waals surface area contributed by atoms with Crippen LogP contribution in [0.1, 0.15) is 24.8 Å². The van der Waals surface area contributed by atoms with E-state index >= 15 is 0 Å². The van der Waals surface area contributed by atoms with Crippen LogP contribution in [0.25, 0.3) is 0 Å². The van der Waals surface area contributed by atoms with E-state index < -0.39 is 5.82 Å². The molecule has 82 valence electrons. The van der Waals surface area contributed by atoms with Gasteiger partial charge in [-0.25, -0.2) is 4.39 Å². The van der Waals surface area contributed by atoms with Crippen LogP contribution in [0.4, 0.5) is 4.39 Å². The molecule has 0 N–H and O–H groups in total. The first-order valence-corrected chi connectivity index (χ1v) is 4.94. The zero-order chi connectivity index (χ0) is 11.4. The number of hydrogen-bond donors (Lipinski definition) is 0. The normalized spacial score (nSPS) is 12.3. The largest absolute Gasteiger partial charge is 0.493 e. The lowest BCUT2D eigenvalue weighted by Gasteiger charge is -2.14. The molecule has 4 heteroatoms. The highest BCUT2D eigenvalue weighted by Crippen LogP contribution is 2.33. The number of hydrogen-bond acceptors (Lipinski definition) is 2. The molecule has 0 aliphatic carbocycles. The molecule has 0 aliphatic heterocycles. The predicted molar refractivity (Wildman–Crippen MR) is 57.1 cm³/mol. The lowest BCUT2D eigenvalue weighted by molar-refractivity contribution is -0.108. The van der Waals surface area contributed by atoms with Crippen LogP contribution in [0.3, 0.4) is 0 Å². The third kappa shape index (κ3) is 2.69. The average molecular weight is 231 g/mol. The minimum absolute atomic E-state index is 0.106. The van der Waals surface area contributed by atoms with E-state index in [2.05, 4.69) is 0 Å². The van der Waals surface area contributed by atoms with Gasteiger partial charge in [-0.05, 0) is 18.1 Å². The van der Waals surface area contributed by atoms with Crippen LogP contribution in [0.15, 0.2) is 12.1 Å². The van der Waals surface area contributed by atoms with Gasteiger partial charge in [-0.2, -0.15) is 0 Å². The number of aldehydes is 1. The van der Waals surface area contributed by atoms with Gasteiger partial charge in [0.05, 0.1) is 7.11 Å². The predicted octanol–water partition coefficient (Wildman–Crippen LogP) is 3.18. The van der Waals surface area contributed by atoms with Gasteiger partial charge in [-0.1, -0.05) is 18.5 Å². The van der Waals surface area contributed by atoms with Gasteiger partial charge in [0, 0.05) is 17.0 Å². The van der Waals surface area contributed by atoms with Crippen LogP contribution in [-0.2, 0) is 4.79 Å². The molecule has 1 atom stereocenters. The molecule has 0 bridgehead atoms. The van der Waals surface area contributed by atoms with Crippen molar-refractivity contribution >= 4 is 17.9 Å². The Balaban J connectivity index is 3.19. The van der Waals surface area contributed by atoms with Crippen molar-refractivity contribution in [3.8, 4) is 5.75 Å². The summed E-state index contributed by atoms with van der Waals surface area (Å²) in [6.07, 6.45) is 1.11. The highest BCUT2D eigenvalue weighted by Gasteiger charge is 2.16. The summed E-state index contributed by atoms with van der Waals surface area (Å²) < 4.78 is 18.4. The van der Waals surface area contributed by atoms with Crippen LogP contribution in [0, 0.1) is 5.82 Å². The lowest BCUT2D eigenvalue weighted by atomic mass is 9.97. The Morgan fingerprint density at radius 1 is 1.60 bits per heavy atom. The van der Waals surface area contributed by atoms with Crippen molar-refractivity contribution in [1.29, 1.82) is 0 Å². The number of rotatable bonds is 4. The van der Waals surface area contributed by atoms with Gasteiger partial charge in [0.1, 0.15) is 6.29 Å². The van der Waals surface area contributed by atoms with E-state index in [1.165, 1.54) is 13.2 Å². The maximum atomic E-state index is 13.4. The summed E-state index contributed by atoms with van der Waals surface area (Å²) in [6.45, 7) is 1.82. The summed E-state index contributed by atoms with van der Waals surface area (Å²) in [5.41, 5.74) is 0.620. The van der Waals surface area contributed by atoms with E-state index in [1.54, 1.807) is 6.07 Å². The van der Waals surface area contributed by atoms with Crippen molar-refractivity contribution < 1.29 is 13.9 Å². The molecule has 0 fully saturated rings. The van der Waals surface area contributed by atoms with Gasteiger partial charge in [-0.3, -0.25) is 0 Å². The van der Waals surface area contributed by atoms with Crippen molar-refractivity contribution in [3.05, 3.63) is 28.5 Å². The van der Waals surface area contributed by atoms with Gasteiger partial charge < -0.3 is 9.53 Å². The second-order valence-corrected chi connectivity index (χ2v) is 3.75. The maximum absolute atomic E-state index is 13.4. The molecular weight excluding hydrogens is 219 g/mol. The molecule has 1 unspecified atom stereocenters. The molecule has 0 radical (unpaired) electrons. The van der Waals surface area contributed by atoms with Crippen molar-refractivity contribution in [1.82, 2.24) is 0 Å². The fourth-order valence-corrected chi connectivity index (χ4v) is 1.65. The summed E-state index contributed by atoms with van der Waals surface area (Å²) in [5.74, 6) is -0.447. The highest BCUT2D eigenvalue weighted by molar-refractivity contribution is 6.30. The Morgan fingerprint density at radius 2 is 2.27 bits per heavy atom. The van der Waals surface area contributed by atoms with Gasteiger partial charge in [0.25, 0.3) is 0 Å². The molecule has 0 heterocycles. The fourth-order valence-electron chi connectivity index (χ4n) is 1.43. The lowest BCUT2D eigenvalue weighted by Crippen LogP contribution is -2.00. The minimum atomic E-state index is -0.502. The van der Waals surface area contributed by atoms with Gasteiger partial charge in [0.15, 0.2) is 11.6 Å². The number of carbonyl (C=O) groups excluding carboxylic acids is 1. The number of methoxy groups -OCH3 is 1. The number of halogens is 2. The molecule has 1 aromatic carbocycles. The third-order valence-electron chi connectivity index (χ3n) is 2.22. The average Bonchev–Trinajstić information content (AvgIpc) is 2.17. The van der Waals surface area contributed by atoms with Gasteiger partial charge in [0.2, 0.25) is 0 Å². The fraction of sp³-hybridized carbons (Fsp3) is 0.364. The Hall–Kier alpha value is -1.09. The Kier molecular flexibility index (Phi) is 4.09. The highest BCUT2D eigenvalue weighted by atomic mass is 35.5. The molecule has 0 spiro atoms. The van der Waals surface area contributed by atoms with E-state index in [0.29, 0.717) is 17.0 Å². The summed E-state index contributed by atoms with van der Waals surface area (Å²) in [6, 6.07) is 2.81. The van der Waals surface area contributed by atoms with E-state index in [4.69, 9.17) is 16.3 Å². The maximum Gasteiger partial charge on any atom is 0.166 e. The van der Waals surface area contributed by atoms with Crippen molar-refractivity contribution in [3.63, 3.8) is 0 Å². The van der Waals surface area contributed by atoms with Crippen LogP contribution in [-0.4, -0.2) is 13.4 Å². The Labute approximate surface area is 93.0 Å². The molecule has 15 heavy (non-hydrogen) atoms. The Morgan fingerprint density at radius 3 is 2.80 bits per heavy atom. The summed E-state index contributed by atoms with van der Waals surface area (Å²) in [4.78, 5) is 10.4. The molecule has 1 rings (SSSR count). The first-order chi connectivity index (χ1) is 7.10. The molecule has 0 amide bonds. The molecule has 0 saturated carbocycles. The molecule has 0 aromatic heterocycles. The number of carbonyl (C=O) groups is 1. The van der Waals surface area contributed by atoms with Crippen LogP contribution < -0.4 is 4.74 Å². The monoisotopic (exact) mass is 230 g/mol. The van der Waals surface area contributed by atoms with Crippen molar-refractivity contribution in [2.75, 3.05) is 7.11 Å². The first-order valence-electron chi connectivity index (χ1n) is 4.56. The standard InChI is InChI=1S/C11H12ClFO2/c1-7(3-4-14)9-5-8(12)6-10(13)11(9)15-2/h4-7H,3H2,1-2H3. The van der Waals surface area contributed by atoms with Crippen LogP contribution >= 0.6 is 11.6 Å². The molecule has 0 aliphatic rings. The first kappa shape index (κ1) is 12.0. The molecule has 0 saturated heterocycles. The zero-order valence-corrected chi connectivity index (χ0v) is 9.34. The Bertz CT molecular complexity index is 366. The minimum Gasteiger partial charge on any atom is -0.493 e. The summed E-state index contributed by atoms with van der Waals surface area (Å²) in [5, 5.41) is 0.307. The molecular formula is C11H12ClFO2. The van der Waals surface area contributed by atoms with E-state index in [0.717, 1.165) is 6.29 Å². The second kappa shape index (κ2) is 5.12. The van der Waals surface area contributed by atoms with E-state index in [1.807, 2.05) is 6.92 Å². The summed E-state index contributed by atoms with van der Waals surface area (Å²) >= 11 is 5.74. The zero-order valence-electron chi connectivity index (χ0n) is 8.59. The van der Waals surface area contributed by atoms with Crippen molar-refractivity contribution in [2.45, 2.75) is 19.3 Å². The van der Waals surface area contributed by atoms with Crippen LogP contribution in [0.2, 0.25) is 5.02 Å². The van der Waals surface area contributed by atoms with E-state index in [9.17, 15) is 9.18 Å². The van der Waals surface area contributed by atoms with Gasteiger partial charge >= 0.3 is 0 Å². The van der Waals surface area contributed by atoms with Gasteiger partial charge in [-0.15, -0.1) is 0 Å². The number of benzene rings is 1. The topological polar surface area (TPSA) is 26.3 Å². The smallest absolute Gasteiger partial charge is 0.166 e. The summed E-state index contributed by atoms with van der Waals surface area (Å²) in [7, 11) is 1.39. The SMILES string of the molecule is COc1c(F)cc(Cl)cc1C(C)CC=O. The van der Waals surface area contributed by atoms with Crippen LogP contribution in [0.5, 0.6) is 5.75 Å². The molecule has 2 nitrogen and oxygen atoms in total. The number of ether oxygens (including phenoxy) is 1. The second-order valence-electron chi connectivity index (χ2n) is 3.31.